The van der Waals surface area contributed by atoms with Crippen molar-refractivity contribution in [1.29, 1.82) is 0 Å². The molecule has 9 heteroatoms. The van der Waals surface area contributed by atoms with E-state index in [4.69, 9.17) is 9.47 Å². The maximum Gasteiger partial charge on any atom is 0.265 e. The number of unbranched alkanes of at least 4 members (excludes halogenated alkanes) is 1. The topological polar surface area (TPSA) is 93.9 Å². The second-order valence-corrected chi connectivity index (χ2v) is 7.84. The van der Waals surface area contributed by atoms with Gasteiger partial charge in [-0.3, -0.25) is 14.2 Å². The fourth-order valence-corrected chi connectivity index (χ4v) is 4.15. The zero-order chi connectivity index (χ0) is 21.5. The van der Waals surface area contributed by atoms with Crippen LogP contribution in [0.15, 0.2) is 34.2 Å². The van der Waals surface area contributed by atoms with Crippen LogP contribution >= 0.6 is 11.8 Å². The van der Waals surface area contributed by atoms with Gasteiger partial charge in [0, 0.05) is 13.1 Å². The van der Waals surface area contributed by atoms with Crippen molar-refractivity contribution < 1.29 is 19.4 Å². The molecule has 2 aromatic rings. The van der Waals surface area contributed by atoms with E-state index < -0.39 is 0 Å². The number of morpholine rings is 1. The molecule has 162 valence electrons. The summed E-state index contributed by atoms with van der Waals surface area (Å²) in [4.78, 5) is 31.9. The Hall–Kier alpha value is -2.52. The van der Waals surface area contributed by atoms with E-state index in [1.165, 1.54) is 11.7 Å². The van der Waals surface area contributed by atoms with Gasteiger partial charge in [0.2, 0.25) is 11.8 Å². The van der Waals surface area contributed by atoms with Crippen LogP contribution in [0.5, 0.6) is 11.6 Å². The van der Waals surface area contributed by atoms with Crippen LogP contribution < -0.4 is 10.3 Å². The van der Waals surface area contributed by atoms with Gasteiger partial charge in [0.1, 0.15) is 5.75 Å². The molecular weight excluding hydrogens is 406 g/mol. The van der Waals surface area contributed by atoms with E-state index in [0.29, 0.717) is 44.2 Å². The summed E-state index contributed by atoms with van der Waals surface area (Å²) in [6, 6.07) is 7.13. The van der Waals surface area contributed by atoms with Gasteiger partial charge in [-0.2, -0.15) is 4.98 Å². The molecule has 30 heavy (non-hydrogen) atoms. The summed E-state index contributed by atoms with van der Waals surface area (Å²) in [6.45, 7) is 4.16. The van der Waals surface area contributed by atoms with E-state index in [2.05, 4.69) is 4.98 Å². The molecule has 0 atom stereocenters. The average Bonchev–Trinajstić information content (AvgIpc) is 2.78. The Bertz CT molecular complexity index is 941. The van der Waals surface area contributed by atoms with Crippen LogP contribution in [0.1, 0.15) is 25.3 Å². The van der Waals surface area contributed by atoms with Crippen LogP contribution in [0.25, 0.3) is 5.69 Å². The Morgan fingerprint density at radius 2 is 2.03 bits per heavy atom. The van der Waals surface area contributed by atoms with Gasteiger partial charge in [-0.15, -0.1) is 0 Å². The van der Waals surface area contributed by atoms with E-state index in [9.17, 15) is 14.7 Å². The molecule has 1 N–H and O–H groups in total. The molecule has 0 bridgehead atoms. The number of hydrogen-bond donors (Lipinski definition) is 1. The van der Waals surface area contributed by atoms with E-state index in [1.54, 1.807) is 23.1 Å². The normalized spacial score (nSPS) is 14.0. The highest BCUT2D eigenvalue weighted by molar-refractivity contribution is 7.99. The Labute approximate surface area is 179 Å². The summed E-state index contributed by atoms with van der Waals surface area (Å²) < 4.78 is 12.2. The van der Waals surface area contributed by atoms with Crippen molar-refractivity contribution in [1.82, 2.24) is 14.5 Å². The summed E-state index contributed by atoms with van der Waals surface area (Å²) in [5, 5.41) is 10.7. The van der Waals surface area contributed by atoms with Crippen LogP contribution in [0.4, 0.5) is 0 Å². The molecule has 0 aliphatic carbocycles. The van der Waals surface area contributed by atoms with Crippen LogP contribution in [0.3, 0.4) is 0 Å². The molecular formula is C21H27N3O5S. The number of aromatic hydroxyl groups is 1. The van der Waals surface area contributed by atoms with Crippen molar-refractivity contribution >= 4 is 17.7 Å². The van der Waals surface area contributed by atoms with Crippen LogP contribution in [0.2, 0.25) is 0 Å². The number of carbonyl (C=O) groups is 1. The summed E-state index contributed by atoms with van der Waals surface area (Å²) >= 11 is 1.13. The highest BCUT2D eigenvalue weighted by Crippen LogP contribution is 2.28. The van der Waals surface area contributed by atoms with Crippen molar-refractivity contribution in [3.8, 4) is 17.3 Å². The van der Waals surface area contributed by atoms with Crippen molar-refractivity contribution in [2.75, 3.05) is 39.2 Å². The maximum absolute atomic E-state index is 13.3. The Balaban J connectivity index is 1.98. The summed E-state index contributed by atoms with van der Waals surface area (Å²) in [6.07, 6.45) is 2.08. The Kier molecular flexibility index (Phi) is 7.75. The van der Waals surface area contributed by atoms with Crippen molar-refractivity contribution in [3.63, 3.8) is 0 Å². The fraction of sp³-hybridized carbons (Fsp3) is 0.476. The smallest absolute Gasteiger partial charge is 0.265 e. The molecule has 1 saturated heterocycles. The standard InChI is InChI=1S/C21H27N3O5S/c1-3-4-7-15-19(26)22-21(30-14-18(25)23-10-12-29-13-11-23)24(20(15)27)16-8-5-6-9-17(16)28-2/h5-6,8-9,26H,3-4,7,10-14H2,1-2H3. The molecule has 0 spiro atoms. The second-order valence-electron chi connectivity index (χ2n) is 6.89. The van der Waals surface area contributed by atoms with Crippen LogP contribution in [0, 0.1) is 0 Å². The number of aromatic nitrogens is 2. The Morgan fingerprint density at radius 3 is 2.73 bits per heavy atom. The van der Waals surface area contributed by atoms with Gasteiger partial charge in [0.15, 0.2) is 5.16 Å². The lowest BCUT2D eigenvalue weighted by Crippen LogP contribution is -2.41. The molecule has 1 fully saturated rings. The number of benzene rings is 1. The van der Waals surface area contributed by atoms with Crippen LogP contribution in [-0.2, 0) is 16.0 Å². The molecule has 1 aromatic heterocycles. The first-order chi connectivity index (χ1) is 14.6. The number of amides is 1. The number of para-hydroxylation sites is 2. The molecule has 8 nitrogen and oxygen atoms in total. The maximum atomic E-state index is 13.3. The summed E-state index contributed by atoms with van der Waals surface area (Å²) in [5.41, 5.74) is 0.449. The molecule has 1 aliphatic heterocycles. The second kappa shape index (κ2) is 10.5. The van der Waals surface area contributed by atoms with Crippen molar-refractivity contribution in [2.24, 2.45) is 0 Å². The van der Waals surface area contributed by atoms with Gasteiger partial charge in [0.25, 0.3) is 5.56 Å². The molecule has 0 radical (unpaired) electrons. The molecule has 1 amide bonds. The molecule has 3 rings (SSSR count). The minimum Gasteiger partial charge on any atom is -0.495 e. The zero-order valence-corrected chi connectivity index (χ0v) is 18.1. The van der Waals surface area contributed by atoms with E-state index in [-0.39, 0.29) is 33.8 Å². The van der Waals surface area contributed by atoms with E-state index in [0.717, 1.165) is 24.6 Å². The number of carbonyl (C=O) groups excluding carboxylic acids is 1. The van der Waals surface area contributed by atoms with Gasteiger partial charge in [-0.05, 0) is 25.0 Å². The first-order valence-electron chi connectivity index (χ1n) is 10.0. The first kappa shape index (κ1) is 22.2. The van der Waals surface area contributed by atoms with Gasteiger partial charge >= 0.3 is 0 Å². The third-order valence-corrected chi connectivity index (χ3v) is 5.84. The third kappa shape index (κ3) is 4.96. The minimum atomic E-state index is -0.346. The Morgan fingerprint density at radius 1 is 1.30 bits per heavy atom. The SMILES string of the molecule is CCCCc1c(O)nc(SCC(=O)N2CCOCC2)n(-c2ccccc2OC)c1=O. The summed E-state index contributed by atoms with van der Waals surface area (Å²) in [5.74, 6) is 0.282. The number of thioether (sulfide) groups is 1. The number of nitrogens with zero attached hydrogens (tertiary/aromatic N) is 3. The van der Waals surface area contributed by atoms with Crippen molar-refractivity contribution in [3.05, 3.63) is 40.2 Å². The van der Waals surface area contributed by atoms with Crippen LogP contribution in [-0.4, -0.2) is 64.6 Å². The lowest BCUT2D eigenvalue weighted by molar-refractivity contribution is -0.132. The van der Waals surface area contributed by atoms with Gasteiger partial charge in [-0.25, -0.2) is 0 Å². The minimum absolute atomic E-state index is 0.0568. The van der Waals surface area contributed by atoms with E-state index in [1.807, 2.05) is 13.0 Å². The highest BCUT2D eigenvalue weighted by Gasteiger charge is 2.22. The predicted octanol–water partition coefficient (Wildman–Crippen LogP) is 2.24. The lowest BCUT2D eigenvalue weighted by Gasteiger charge is -2.26. The first-order valence-corrected chi connectivity index (χ1v) is 11.0. The molecule has 1 aliphatic rings. The number of rotatable bonds is 8. The zero-order valence-electron chi connectivity index (χ0n) is 17.3. The van der Waals surface area contributed by atoms with Gasteiger partial charge in [-0.1, -0.05) is 37.2 Å². The van der Waals surface area contributed by atoms with E-state index >= 15 is 0 Å². The molecule has 2 heterocycles. The highest BCUT2D eigenvalue weighted by atomic mass is 32.2. The van der Waals surface area contributed by atoms with Crippen molar-refractivity contribution in [2.45, 2.75) is 31.3 Å². The third-order valence-electron chi connectivity index (χ3n) is 4.92. The van der Waals surface area contributed by atoms with Gasteiger partial charge in [0.05, 0.1) is 37.3 Å². The number of ether oxygens (including phenoxy) is 2. The quantitative estimate of drug-likeness (QED) is 0.504. The van der Waals surface area contributed by atoms with Gasteiger partial charge < -0.3 is 19.5 Å². The fourth-order valence-electron chi connectivity index (χ4n) is 3.25. The molecule has 0 saturated carbocycles. The molecule has 0 unspecified atom stereocenters. The average molecular weight is 434 g/mol. The monoisotopic (exact) mass is 433 g/mol. The number of hydrogen-bond acceptors (Lipinski definition) is 7. The molecule has 1 aromatic carbocycles. The summed E-state index contributed by atoms with van der Waals surface area (Å²) in [7, 11) is 1.53. The number of methoxy groups -OCH3 is 1. The lowest BCUT2D eigenvalue weighted by atomic mass is 10.1. The predicted molar refractivity (Wildman–Crippen MR) is 115 cm³/mol. The largest absolute Gasteiger partial charge is 0.495 e.